The van der Waals surface area contributed by atoms with Gasteiger partial charge in [0, 0.05) is 43.7 Å². The second-order valence-electron chi connectivity index (χ2n) is 8.55. The standard InChI is InChI=1S/C27H33N3O5/c1-5-17(2)24-27(33)29-21-12-7-6-11-20(21)25(35-4)22(34-3)16-28-23(31)14-13-18-9-8-10-19(15-18)26(32)30-24/h6-15,17,22,24-25H,5,16H2,1-4H3,(H,28,31)(H,29,33)(H,30,32)/b14-13+/t17?,22-,24+,25-/m1/s1. The number of carbonyl (C=O) groups is 3. The van der Waals surface area contributed by atoms with Crippen LogP contribution in [0.25, 0.3) is 6.08 Å². The maximum Gasteiger partial charge on any atom is 0.251 e. The molecule has 8 heteroatoms. The Bertz CT molecular complexity index is 1080. The molecule has 2 aromatic rings. The molecule has 0 fully saturated rings. The molecular weight excluding hydrogens is 446 g/mol. The molecule has 0 saturated carbocycles. The van der Waals surface area contributed by atoms with Crippen LogP contribution in [0.15, 0.2) is 54.6 Å². The van der Waals surface area contributed by atoms with Crippen LogP contribution >= 0.6 is 0 Å². The monoisotopic (exact) mass is 479 g/mol. The number of nitrogens with one attached hydrogen (secondary N) is 3. The third-order valence-corrected chi connectivity index (χ3v) is 6.26. The van der Waals surface area contributed by atoms with E-state index in [2.05, 4.69) is 16.0 Å². The molecule has 0 spiro atoms. The van der Waals surface area contributed by atoms with E-state index in [1.54, 1.807) is 50.6 Å². The van der Waals surface area contributed by atoms with Crippen LogP contribution in [0.3, 0.4) is 0 Å². The van der Waals surface area contributed by atoms with Crippen molar-refractivity contribution in [3.05, 3.63) is 71.3 Å². The second kappa shape index (κ2) is 12.3. The van der Waals surface area contributed by atoms with Gasteiger partial charge in [-0.2, -0.15) is 0 Å². The number of ether oxygens (including phenoxy) is 2. The quantitative estimate of drug-likeness (QED) is 0.624. The maximum atomic E-state index is 13.4. The number of hydrogen-bond acceptors (Lipinski definition) is 5. The first kappa shape index (κ1) is 26.1. The summed E-state index contributed by atoms with van der Waals surface area (Å²) in [4.78, 5) is 38.9. The number of rotatable bonds is 4. The molecule has 186 valence electrons. The van der Waals surface area contributed by atoms with Gasteiger partial charge in [0.05, 0.1) is 0 Å². The van der Waals surface area contributed by atoms with Crippen molar-refractivity contribution in [2.75, 3.05) is 26.1 Å². The summed E-state index contributed by atoms with van der Waals surface area (Å²) in [5.74, 6) is -1.10. The van der Waals surface area contributed by atoms with Gasteiger partial charge in [0.2, 0.25) is 11.8 Å². The van der Waals surface area contributed by atoms with Crippen LogP contribution in [0.1, 0.15) is 47.9 Å². The third kappa shape index (κ3) is 6.55. The average molecular weight is 480 g/mol. The zero-order valence-corrected chi connectivity index (χ0v) is 20.5. The van der Waals surface area contributed by atoms with Gasteiger partial charge in [-0.15, -0.1) is 0 Å². The molecule has 2 aromatic carbocycles. The number of carbonyl (C=O) groups excluding carboxylic acids is 3. The fraction of sp³-hybridized carbons (Fsp3) is 0.370. The van der Waals surface area contributed by atoms with Crippen LogP contribution < -0.4 is 16.0 Å². The van der Waals surface area contributed by atoms with Crippen molar-refractivity contribution >= 4 is 29.5 Å². The summed E-state index contributed by atoms with van der Waals surface area (Å²) >= 11 is 0. The van der Waals surface area contributed by atoms with E-state index in [0.717, 1.165) is 0 Å². The molecule has 1 unspecified atom stereocenters. The van der Waals surface area contributed by atoms with E-state index in [9.17, 15) is 14.4 Å². The van der Waals surface area contributed by atoms with Crippen molar-refractivity contribution < 1.29 is 23.9 Å². The number of hydrogen-bond donors (Lipinski definition) is 3. The Morgan fingerprint density at radius 3 is 2.49 bits per heavy atom. The van der Waals surface area contributed by atoms with E-state index in [-0.39, 0.29) is 30.2 Å². The molecule has 1 aliphatic heterocycles. The molecule has 4 atom stereocenters. The van der Waals surface area contributed by atoms with E-state index in [0.29, 0.717) is 28.8 Å². The lowest BCUT2D eigenvalue weighted by Gasteiger charge is -2.28. The van der Waals surface area contributed by atoms with Crippen molar-refractivity contribution in [1.29, 1.82) is 0 Å². The van der Waals surface area contributed by atoms with Gasteiger partial charge in [-0.1, -0.05) is 50.6 Å². The smallest absolute Gasteiger partial charge is 0.251 e. The Labute approximate surface area is 206 Å². The highest BCUT2D eigenvalue weighted by Crippen LogP contribution is 2.29. The molecule has 1 heterocycles. The van der Waals surface area contributed by atoms with Crippen molar-refractivity contribution in [2.45, 2.75) is 38.5 Å². The van der Waals surface area contributed by atoms with Crippen molar-refractivity contribution in [2.24, 2.45) is 5.92 Å². The van der Waals surface area contributed by atoms with Crippen molar-refractivity contribution in [3.8, 4) is 0 Å². The average Bonchev–Trinajstić information content (AvgIpc) is 2.88. The van der Waals surface area contributed by atoms with Gasteiger partial charge in [0.1, 0.15) is 18.2 Å². The van der Waals surface area contributed by atoms with E-state index >= 15 is 0 Å². The molecule has 3 rings (SSSR count). The molecular formula is C27H33N3O5. The van der Waals surface area contributed by atoms with Crippen molar-refractivity contribution in [1.82, 2.24) is 10.6 Å². The molecule has 0 saturated heterocycles. The number of benzene rings is 2. The van der Waals surface area contributed by atoms with Gasteiger partial charge in [-0.05, 0) is 35.8 Å². The fourth-order valence-electron chi connectivity index (χ4n) is 4.00. The van der Waals surface area contributed by atoms with Crippen LogP contribution in [-0.4, -0.2) is 50.6 Å². The summed E-state index contributed by atoms with van der Waals surface area (Å²) in [6, 6.07) is 13.4. The van der Waals surface area contributed by atoms with Crippen LogP contribution in [0.2, 0.25) is 0 Å². The van der Waals surface area contributed by atoms with Crippen LogP contribution in [-0.2, 0) is 19.1 Å². The molecule has 8 nitrogen and oxygen atoms in total. The Morgan fingerprint density at radius 1 is 1.00 bits per heavy atom. The van der Waals surface area contributed by atoms with Gasteiger partial charge in [-0.25, -0.2) is 0 Å². The van der Waals surface area contributed by atoms with E-state index in [4.69, 9.17) is 9.47 Å². The van der Waals surface area contributed by atoms with Gasteiger partial charge < -0.3 is 25.4 Å². The Balaban J connectivity index is 2.06. The molecule has 0 radical (unpaired) electrons. The highest BCUT2D eigenvalue weighted by Gasteiger charge is 2.30. The third-order valence-electron chi connectivity index (χ3n) is 6.26. The molecule has 35 heavy (non-hydrogen) atoms. The van der Waals surface area contributed by atoms with Gasteiger partial charge >= 0.3 is 0 Å². The lowest BCUT2D eigenvalue weighted by atomic mass is 9.96. The van der Waals surface area contributed by atoms with Crippen LogP contribution in [0.5, 0.6) is 0 Å². The first-order valence-corrected chi connectivity index (χ1v) is 11.7. The lowest BCUT2D eigenvalue weighted by Crippen LogP contribution is -2.48. The van der Waals surface area contributed by atoms with Crippen LogP contribution in [0, 0.1) is 5.92 Å². The zero-order chi connectivity index (χ0) is 25.4. The minimum atomic E-state index is -0.752. The first-order valence-electron chi connectivity index (χ1n) is 11.7. The largest absolute Gasteiger partial charge is 0.377 e. The van der Waals surface area contributed by atoms with Crippen molar-refractivity contribution in [3.63, 3.8) is 0 Å². The number of methoxy groups -OCH3 is 2. The SMILES string of the molecule is CCC(C)[C@@H]1NC(=O)c2cccc(c2)/C=C/C(=O)NC[C@@H](OC)[C@H](OC)c2ccccc2NC1=O. The fourth-order valence-corrected chi connectivity index (χ4v) is 4.00. The Hall–Kier alpha value is -3.49. The zero-order valence-electron chi connectivity index (χ0n) is 20.5. The molecule has 3 amide bonds. The maximum absolute atomic E-state index is 13.4. The summed E-state index contributed by atoms with van der Waals surface area (Å²) < 4.78 is 11.4. The summed E-state index contributed by atoms with van der Waals surface area (Å²) in [6.07, 6.45) is 2.66. The predicted molar refractivity (Wildman–Crippen MR) is 135 cm³/mol. The minimum absolute atomic E-state index is 0.108. The van der Waals surface area contributed by atoms with E-state index < -0.39 is 18.2 Å². The highest BCUT2D eigenvalue weighted by atomic mass is 16.5. The Kier molecular flexibility index (Phi) is 9.17. The van der Waals surface area contributed by atoms with E-state index in [1.807, 2.05) is 32.0 Å². The number of fused-ring (bicyclic) bond motifs is 3. The van der Waals surface area contributed by atoms with E-state index in [1.165, 1.54) is 6.08 Å². The lowest BCUT2D eigenvalue weighted by molar-refractivity contribution is -0.119. The molecule has 2 bridgehead atoms. The summed E-state index contributed by atoms with van der Waals surface area (Å²) in [5, 5.41) is 8.70. The highest BCUT2D eigenvalue weighted by molar-refractivity contribution is 6.02. The topological polar surface area (TPSA) is 106 Å². The number of anilines is 1. The molecule has 0 aliphatic carbocycles. The van der Waals surface area contributed by atoms with Gasteiger partial charge in [-0.3, -0.25) is 14.4 Å². The molecule has 1 aliphatic rings. The summed E-state index contributed by atoms with van der Waals surface area (Å²) in [5.41, 5.74) is 2.33. The van der Waals surface area contributed by atoms with Gasteiger partial charge in [0.15, 0.2) is 0 Å². The first-order chi connectivity index (χ1) is 16.9. The second-order valence-corrected chi connectivity index (χ2v) is 8.55. The molecule has 3 N–H and O–H groups in total. The van der Waals surface area contributed by atoms with Crippen LogP contribution in [0.4, 0.5) is 5.69 Å². The number of para-hydroxylation sites is 1. The minimum Gasteiger partial charge on any atom is -0.377 e. The van der Waals surface area contributed by atoms with Gasteiger partial charge in [0.25, 0.3) is 5.91 Å². The predicted octanol–water partition coefficient (Wildman–Crippen LogP) is 3.32. The Morgan fingerprint density at radius 2 is 1.77 bits per heavy atom. The normalized spacial score (nSPS) is 23.2. The summed E-state index contributed by atoms with van der Waals surface area (Å²) in [7, 11) is 3.09. The number of amides is 3. The molecule has 0 aromatic heterocycles. The summed E-state index contributed by atoms with van der Waals surface area (Å²) in [6.45, 7) is 4.09.